The molecule has 0 aliphatic carbocycles. The van der Waals surface area contributed by atoms with Crippen LogP contribution in [0.2, 0.25) is 0 Å². The summed E-state index contributed by atoms with van der Waals surface area (Å²) in [6, 6.07) is 2.20. The molecule has 0 aliphatic rings. The molecular weight excluding hydrogens is 399 g/mol. The third-order valence-corrected chi connectivity index (χ3v) is 5.55. The molecule has 0 saturated carbocycles. The number of hydrogen-bond donors (Lipinski definition) is 2. The molecule has 3 N–H and O–H groups in total. The van der Waals surface area contributed by atoms with E-state index in [4.69, 9.17) is 10.5 Å². The monoisotopic (exact) mass is 418 g/mol. The summed E-state index contributed by atoms with van der Waals surface area (Å²) in [5, 5.41) is 0. The summed E-state index contributed by atoms with van der Waals surface area (Å²) in [5.74, 6) is -0.618. The van der Waals surface area contributed by atoms with Crippen molar-refractivity contribution in [2.75, 3.05) is 13.7 Å². The minimum atomic E-state index is -3.91. The van der Waals surface area contributed by atoms with Crippen LogP contribution in [0.25, 0.3) is 0 Å². The van der Waals surface area contributed by atoms with Crippen molar-refractivity contribution in [1.82, 2.24) is 4.72 Å². The summed E-state index contributed by atoms with van der Waals surface area (Å²) in [6.45, 7) is 3.85. The van der Waals surface area contributed by atoms with Crippen LogP contribution in [0.15, 0.2) is 21.5 Å². The third-order valence-electron chi connectivity index (χ3n) is 3.52. The zero-order valence-corrected chi connectivity index (χ0v) is 15.9. The van der Waals surface area contributed by atoms with E-state index in [0.29, 0.717) is 12.8 Å². The van der Waals surface area contributed by atoms with Gasteiger partial charge in [-0.3, -0.25) is 0 Å². The van der Waals surface area contributed by atoms with Crippen molar-refractivity contribution < 1.29 is 17.5 Å². The first-order chi connectivity index (χ1) is 9.69. The lowest BCUT2D eigenvalue weighted by Crippen LogP contribution is -2.49. The molecule has 1 rings (SSSR count). The van der Waals surface area contributed by atoms with E-state index in [1.54, 1.807) is 0 Å². The standard InChI is InChI=1S/C13H20BrFN2O3S.ClH/c1-4-13(16,5-2)8-17-21(18,19)12-7-10(15)9(14)6-11(12)20-3;/h6-7,17H,4-5,8,16H2,1-3H3;1H. The lowest BCUT2D eigenvalue weighted by molar-refractivity contribution is 0.387. The van der Waals surface area contributed by atoms with Crippen LogP contribution in [-0.4, -0.2) is 27.6 Å². The molecule has 0 aliphatic heterocycles. The molecule has 0 heterocycles. The first-order valence-electron chi connectivity index (χ1n) is 6.50. The number of halogens is 3. The summed E-state index contributed by atoms with van der Waals surface area (Å²) >= 11 is 2.99. The van der Waals surface area contributed by atoms with Gasteiger partial charge >= 0.3 is 0 Å². The molecule has 0 saturated heterocycles. The van der Waals surface area contributed by atoms with Gasteiger partial charge in [0, 0.05) is 12.1 Å². The maximum Gasteiger partial charge on any atom is 0.244 e. The van der Waals surface area contributed by atoms with E-state index in [1.165, 1.54) is 13.2 Å². The number of ether oxygens (including phenoxy) is 1. The summed E-state index contributed by atoms with van der Waals surface area (Å²) in [7, 11) is -2.59. The van der Waals surface area contributed by atoms with Crippen molar-refractivity contribution in [2.24, 2.45) is 5.73 Å². The zero-order valence-electron chi connectivity index (χ0n) is 12.7. The molecule has 0 atom stereocenters. The number of benzene rings is 1. The van der Waals surface area contributed by atoms with Crippen LogP contribution in [0, 0.1) is 5.82 Å². The maximum absolute atomic E-state index is 13.6. The fraction of sp³-hybridized carbons (Fsp3) is 0.538. The van der Waals surface area contributed by atoms with Gasteiger partial charge in [0.2, 0.25) is 10.0 Å². The van der Waals surface area contributed by atoms with Gasteiger partial charge in [-0.25, -0.2) is 17.5 Å². The second-order valence-electron chi connectivity index (χ2n) is 4.81. The van der Waals surface area contributed by atoms with Crippen molar-refractivity contribution in [3.63, 3.8) is 0 Å². The third kappa shape index (κ3) is 5.06. The normalized spacial score (nSPS) is 11.9. The maximum atomic E-state index is 13.6. The highest BCUT2D eigenvalue weighted by Gasteiger charge is 2.26. The van der Waals surface area contributed by atoms with E-state index in [-0.39, 0.29) is 34.1 Å². The van der Waals surface area contributed by atoms with Gasteiger partial charge in [-0.05, 0) is 40.9 Å². The van der Waals surface area contributed by atoms with Crippen LogP contribution in [0.4, 0.5) is 4.39 Å². The largest absolute Gasteiger partial charge is 0.495 e. The summed E-state index contributed by atoms with van der Waals surface area (Å²) in [5.41, 5.74) is 5.44. The Labute approximate surface area is 145 Å². The predicted molar refractivity (Wildman–Crippen MR) is 90.6 cm³/mol. The first kappa shape index (κ1) is 21.6. The Bertz CT molecular complexity index is 610. The van der Waals surface area contributed by atoms with E-state index in [2.05, 4.69) is 20.7 Å². The van der Waals surface area contributed by atoms with E-state index < -0.39 is 21.4 Å². The van der Waals surface area contributed by atoms with Gasteiger partial charge in [-0.2, -0.15) is 0 Å². The number of nitrogens with two attached hydrogens (primary N) is 1. The second kappa shape index (κ2) is 8.44. The second-order valence-corrected chi connectivity index (χ2v) is 7.40. The summed E-state index contributed by atoms with van der Waals surface area (Å²) in [6.07, 6.45) is 1.25. The summed E-state index contributed by atoms with van der Waals surface area (Å²) < 4.78 is 45.8. The number of sulfonamides is 1. The molecule has 1 aromatic carbocycles. The highest BCUT2D eigenvalue weighted by Crippen LogP contribution is 2.30. The highest BCUT2D eigenvalue weighted by molar-refractivity contribution is 9.10. The molecule has 0 unspecified atom stereocenters. The molecule has 22 heavy (non-hydrogen) atoms. The molecular formula is C13H21BrClFN2O3S. The summed E-state index contributed by atoms with van der Waals surface area (Å²) in [4.78, 5) is -0.250. The van der Waals surface area contributed by atoms with Gasteiger partial charge in [0.15, 0.2) is 0 Å². The number of hydrogen-bond acceptors (Lipinski definition) is 4. The van der Waals surface area contributed by atoms with Gasteiger partial charge in [0.05, 0.1) is 11.6 Å². The van der Waals surface area contributed by atoms with Gasteiger partial charge in [-0.1, -0.05) is 13.8 Å². The zero-order chi connectivity index (χ0) is 16.3. The Balaban J connectivity index is 0.00000441. The van der Waals surface area contributed by atoms with Crippen molar-refractivity contribution in [3.8, 4) is 5.75 Å². The van der Waals surface area contributed by atoms with Gasteiger partial charge in [-0.15, -0.1) is 12.4 Å². The number of methoxy groups -OCH3 is 1. The van der Waals surface area contributed by atoms with Crippen molar-refractivity contribution in [3.05, 3.63) is 22.4 Å². The topological polar surface area (TPSA) is 81.4 Å². The Kier molecular flexibility index (Phi) is 8.29. The Morgan fingerprint density at radius 1 is 1.36 bits per heavy atom. The van der Waals surface area contributed by atoms with Crippen LogP contribution < -0.4 is 15.2 Å². The Hall–Kier alpha value is -0.410. The molecule has 0 fully saturated rings. The SMILES string of the molecule is CCC(N)(CC)CNS(=O)(=O)c1cc(F)c(Br)cc1OC.Cl. The van der Waals surface area contributed by atoms with Crippen LogP contribution in [0.5, 0.6) is 5.75 Å². The number of rotatable bonds is 7. The van der Waals surface area contributed by atoms with Crippen LogP contribution in [0.3, 0.4) is 0 Å². The average Bonchev–Trinajstić information content (AvgIpc) is 2.47. The lowest BCUT2D eigenvalue weighted by atomic mass is 9.95. The fourth-order valence-corrected chi connectivity index (χ4v) is 3.32. The Morgan fingerprint density at radius 3 is 2.36 bits per heavy atom. The average molecular weight is 420 g/mol. The van der Waals surface area contributed by atoms with Crippen molar-refractivity contribution >= 4 is 38.4 Å². The molecule has 0 spiro atoms. The van der Waals surface area contributed by atoms with E-state index in [9.17, 15) is 12.8 Å². The molecule has 128 valence electrons. The number of nitrogens with one attached hydrogen (secondary N) is 1. The van der Waals surface area contributed by atoms with Crippen LogP contribution in [0.1, 0.15) is 26.7 Å². The van der Waals surface area contributed by atoms with Crippen LogP contribution >= 0.6 is 28.3 Å². The van der Waals surface area contributed by atoms with Gasteiger partial charge in [0.25, 0.3) is 0 Å². The minimum Gasteiger partial charge on any atom is -0.495 e. The van der Waals surface area contributed by atoms with E-state index in [1.807, 2.05) is 13.8 Å². The molecule has 0 radical (unpaired) electrons. The Morgan fingerprint density at radius 2 is 1.91 bits per heavy atom. The van der Waals surface area contributed by atoms with Gasteiger partial charge in [0.1, 0.15) is 16.5 Å². The molecule has 0 aromatic heterocycles. The van der Waals surface area contributed by atoms with Crippen molar-refractivity contribution in [1.29, 1.82) is 0 Å². The highest BCUT2D eigenvalue weighted by atomic mass is 79.9. The molecule has 0 bridgehead atoms. The fourth-order valence-electron chi connectivity index (χ4n) is 1.70. The lowest BCUT2D eigenvalue weighted by Gasteiger charge is -2.26. The van der Waals surface area contributed by atoms with Crippen molar-refractivity contribution in [2.45, 2.75) is 37.1 Å². The first-order valence-corrected chi connectivity index (χ1v) is 8.78. The molecule has 0 amide bonds. The van der Waals surface area contributed by atoms with E-state index >= 15 is 0 Å². The predicted octanol–water partition coefficient (Wildman–Crippen LogP) is 2.81. The van der Waals surface area contributed by atoms with Gasteiger partial charge < -0.3 is 10.5 Å². The minimum absolute atomic E-state index is 0. The smallest absolute Gasteiger partial charge is 0.244 e. The van der Waals surface area contributed by atoms with Crippen LogP contribution in [-0.2, 0) is 10.0 Å². The molecule has 5 nitrogen and oxygen atoms in total. The molecule has 1 aromatic rings. The quantitative estimate of drug-likeness (QED) is 0.712. The molecule has 9 heteroatoms. The van der Waals surface area contributed by atoms with E-state index in [0.717, 1.165) is 6.07 Å².